The summed E-state index contributed by atoms with van der Waals surface area (Å²) in [5.41, 5.74) is 2.90. The molecule has 1 atom stereocenters. The Kier molecular flexibility index (Phi) is 6.56. The summed E-state index contributed by atoms with van der Waals surface area (Å²) >= 11 is 0. The predicted octanol–water partition coefficient (Wildman–Crippen LogP) is 3.53. The van der Waals surface area contributed by atoms with Crippen molar-refractivity contribution in [3.8, 4) is 0 Å². The van der Waals surface area contributed by atoms with E-state index in [-0.39, 0.29) is 30.0 Å². The number of carbonyl (C=O) groups is 2. The number of aryl methyl sites for hydroxylation is 2. The second-order valence-electron chi connectivity index (χ2n) is 7.50. The predicted molar refractivity (Wildman–Crippen MR) is 109 cm³/mol. The summed E-state index contributed by atoms with van der Waals surface area (Å²) in [6.07, 6.45) is 2.56. The van der Waals surface area contributed by atoms with Crippen LogP contribution < -0.4 is 5.32 Å². The molecule has 1 saturated heterocycles. The van der Waals surface area contributed by atoms with E-state index in [2.05, 4.69) is 15.3 Å². The molecule has 6 nitrogen and oxygen atoms in total. The maximum atomic E-state index is 13.0. The minimum Gasteiger partial charge on any atom is -0.342 e. The highest BCUT2D eigenvalue weighted by Crippen LogP contribution is 2.26. The molecular weight excluding hydrogens is 371 g/mol. The number of hydrogen-bond acceptors (Lipinski definition) is 4. The number of benzene rings is 1. The van der Waals surface area contributed by atoms with Gasteiger partial charge in [0.05, 0.1) is 6.42 Å². The molecule has 1 aromatic carbocycles. The number of nitrogens with one attached hydrogen (secondary N) is 1. The minimum atomic E-state index is -0.347. The molecule has 1 aromatic heterocycles. The molecule has 0 radical (unpaired) electrons. The number of carbonyl (C=O) groups excluding carboxylic acids is 2. The molecule has 0 bridgehead atoms. The van der Waals surface area contributed by atoms with E-state index in [4.69, 9.17) is 0 Å². The Morgan fingerprint density at radius 2 is 1.83 bits per heavy atom. The standard InChI is InChI=1S/C22H27FN4O2/c1-4-21(29)27-11-5-6-16(13-27)22-24-14(2)19(15(3)25-22)12-20(28)26-18-9-7-17(23)8-10-18/h7-10,16H,4-6,11-13H2,1-3H3,(H,26,28)/t16-/m0/s1. The fraction of sp³-hybridized carbons (Fsp3) is 0.455. The fourth-order valence-corrected chi connectivity index (χ4v) is 3.74. The Morgan fingerprint density at radius 1 is 1.17 bits per heavy atom. The van der Waals surface area contributed by atoms with Crippen LogP contribution in [0.5, 0.6) is 0 Å². The van der Waals surface area contributed by atoms with Crippen molar-refractivity contribution in [3.05, 3.63) is 52.9 Å². The highest BCUT2D eigenvalue weighted by molar-refractivity contribution is 5.92. The van der Waals surface area contributed by atoms with Gasteiger partial charge in [-0.1, -0.05) is 6.92 Å². The number of piperidine rings is 1. The van der Waals surface area contributed by atoms with Crippen molar-refractivity contribution in [2.24, 2.45) is 0 Å². The smallest absolute Gasteiger partial charge is 0.228 e. The molecule has 2 heterocycles. The SMILES string of the molecule is CCC(=O)N1CCC[C@H](c2nc(C)c(CC(=O)Nc3ccc(F)cc3)c(C)n2)C1. The number of anilines is 1. The Balaban J connectivity index is 1.71. The third-order valence-electron chi connectivity index (χ3n) is 5.34. The van der Waals surface area contributed by atoms with Crippen molar-refractivity contribution >= 4 is 17.5 Å². The van der Waals surface area contributed by atoms with Crippen LogP contribution in [0.1, 0.15) is 54.9 Å². The van der Waals surface area contributed by atoms with Gasteiger partial charge < -0.3 is 10.2 Å². The third kappa shape index (κ3) is 5.16. The largest absolute Gasteiger partial charge is 0.342 e. The number of likely N-dealkylation sites (tertiary alicyclic amines) is 1. The van der Waals surface area contributed by atoms with Gasteiger partial charge >= 0.3 is 0 Å². The van der Waals surface area contributed by atoms with Crippen LogP contribution in [-0.4, -0.2) is 39.8 Å². The van der Waals surface area contributed by atoms with Gasteiger partial charge in [-0.05, 0) is 51.0 Å². The van der Waals surface area contributed by atoms with Gasteiger partial charge in [0, 0.05) is 48.1 Å². The summed E-state index contributed by atoms with van der Waals surface area (Å²) in [5, 5.41) is 2.77. The molecule has 1 N–H and O–H groups in total. The van der Waals surface area contributed by atoms with E-state index in [1.165, 1.54) is 24.3 Å². The van der Waals surface area contributed by atoms with Crippen LogP contribution in [-0.2, 0) is 16.0 Å². The van der Waals surface area contributed by atoms with E-state index in [1.807, 2.05) is 25.7 Å². The zero-order valence-electron chi connectivity index (χ0n) is 17.2. The Bertz CT molecular complexity index is 875. The number of rotatable bonds is 5. The number of halogens is 1. The lowest BCUT2D eigenvalue weighted by Gasteiger charge is -2.32. The van der Waals surface area contributed by atoms with Gasteiger partial charge in [0.2, 0.25) is 11.8 Å². The van der Waals surface area contributed by atoms with Crippen LogP contribution in [0.3, 0.4) is 0 Å². The second-order valence-corrected chi connectivity index (χ2v) is 7.50. The number of aromatic nitrogens is 2. The molecule has 0 unspecified atom stereocenters. The second kappa shape index (κ2) is 9.11. The van der Waals surface area contributed by atoms with Crippen LogP contribution in [0.2, 0.25) is 0 Å². The first-order valence-corrected chi connectivity index (χ1v) is 10.0. The van der Waals surface area contributed by atoms with Gasteiger partial charge in [-0.2, -0.15) is 0 Å². The van der Waals surface area contributed by atoms with Crippen LogP contribution in [0, 0.1) is 19.7 Å². The van der Waals surface area contributed by atoms with Crippen molar-refractivity contribution in [2.45, 2.75) is 52.4 Å². The highest BCUT2D eigenvalue weighted by Gasteiger charge is 2.26. The summed E-state index contributed by atoms with van der Waals surface area (Å²) in [4.78, 5) is 35.7. The number of amides is 2. The van der Waals surface area contributed by atoms with Crippen LogP contribution in [0.4, 0.5) is 10.1 Å². The van der Waals surface area contributed by atoms with Crippen molar-refractivity contribution in [1.29, 1.82) is 0 Å². The first-order valence-electron chi connectivity index (χ1n) is 10.0. The number of nitrogens with zero attached hydrogens (tertiary/aromatic N) is 3. The summed E-state index contributed by atoms with van der Waals surface area (Å²) in [7, 11) is 0. The Labute approximate surface area is 170 Å². The van der Waals surface area contributed by atoms with E-state index < -0.39 is 0 Å². The van der Waals surface area contributed by atoms with Gasteiger partial charge in [-0.3, -0.25) is 9.59 Å². The molecule has 154 valence electrons. The average molecular weight is 398 g/mol. The molecule has 29 heavy (non-hydrogen) atoms. The van der Waals surface area contributed by atoms with E-state index in [0.717, 1.165) is 42.2 Å². The maximum Gasteiger partial charge on any atom is 0.228 e. The zero-order chi connectivity index (χ0) is 21.0. The molecule has 2 aromatic rings. The molecule has 0 spiro atoms. The monoisotopic (exact) mass is 398 g/mol. The van der Waals surface area contributed by atoms with E-state index >= 15 is 0 Å². The first kappa shape index (κ1) is 20.9. The van der Waals surface area contributed by atoms with E-state index in [0.29, 0.717) is 18.7 Å². The Hall–Kier alpha value is -2.83. The van der Waals surface area contributed by atoms with Gasteiger partial charge in [0.1, 0.15) is 11.6 Å². The maximum absolute atomic E-state index is 13.0. The van der Waals surface area contributed by atoms with Gasteiger partial charge in [-0.15, -0.1) is 0 Å². The van der Waals surface area contributed by atoms with Gasteiger partial charge in [-0.25, -0.2) is 14.4 Å². The van der Waals surface area contributed by atoms with Crippen molar-refractivity contribution in [3.63, 3.8) is 0 Å². The quantitative estimate of drug-likeness (QED) is 0.836. The van der Waals surface area contributed by atoms with Crippen LogP contribution in [0.25, 0.3) is 0 Å². The Morgan fingerprint density at radius 3 is 2.45 bits per heavy atom. The molecule has 2 amide bonds. The molecule has 7 heteroatoms. The average Bonchev–Trinajstić information content (AvgIpc) is 2.71. The normalized spacial score (nSPS) is 16.6. The third-order valence-corrected chi connectivity index (χ3v) is 5.34. The molecule has 0 aliphatic carbocycles. The fourth-order valence-electron chi connectivity index (χ4n) is 3.74. The van der Waals surface area contributed by atoms with Crippen molar-refractivity contribution in [1.82, 2.24) is 14.9 Å². The zero-order valence-corrected chi connectivity index (χ0v) is 17.2. The highest BCUT2D eigenvalue weighted by atomic mass is 19.1. The molecule has 1 aliphatic heterocycles. The summed E-state index contributed by atoms with van der Waals surface area (Å²) in [5.74, 6) is 0.490. The van der Waals surface area contributed by atoms with Gasteiger partial charge in [0.15, 0.2) is 0 Å². The van der Waals surface area contributed by atoms with E-state index in [1.54, 1.807) is 0 Å². The molecule has 0 saturated carbocycles. The lowest BCUT2D eigenvalue weighted by molar-refractivity contribution is -0.132. The first-order chi connectivity index (χ1) is 13.9. The van der Waals surface area contributed by atoms with Crippen molar-refractivity contribution in [2.75, 3.05) is 18.4 Å². The summed E-state index contributed by atoms with van der Waals surface area (Å²) in [6, 6.07) is 5.67. The topological polar surface area (TPSA) is 75.2 Å². The van der Waals surface area contributed by atoms with E-state index in [9.17, 15) is 14.0 Å². The minimum absolute atomic E-state index is 0.124. The summed E-state index contributed by atoms with van der Waals surface area (Å²) in [6.45, 7) is 7.09. The molecule has 1 aliphatic rings. The van der Waals surface area contributed by atoms with Crippen LogP contribution >= 0.6 is 0 Å². The molecular formula is C22H27FN4O2. The number of hydrogen-bond donors (Lipinski definition) is 1. The van der Waals surface area contributed by atoms with Gasteiger partial charge in [0.25, 0.3) is 0 Å². The lowest BCUT2D eigenvalue weighted by atomic mass is 9.96. The lowest BCUT2D eigenvalue weighted by Crippen LogP contribution is -2.39. The molecule has 3 rings (SSSR count). The summed E-state index contributed by atoms with van der Waals surface area (Å²) < 4.78 is 13.0. The molecule has 1 fully saturated rings. The van der Waals surface area contributed by atoms with Crippen molar-refractivity contribution < 1.29 is 14.0 Å². The van der Waals surface area contributed by atoms with Crippen LogP contribution in [0.15, 0.2) is 24.3 Å².